The molecule has 0 unspecified atom stereocenters. The second-order valence-electron chi connectivity index (χ2n) is 3.78. The van der Waals surface area contributed by atoms with Crippen molar-refractivity contribution in [2.24, 2.45) is 0 Å². The van der Waals surface area contributed by atoms with Gasteiger partial charge in [-0.05, 0) is 30.3 Å². The Morgan fingerprint density at radius 1 is 1.43 bits per heavy atom. The highest BCUT2D eigenvalue weighted by molar-refractivity contribution is 8.00. The molecule has 0 heterocycles. The van der Waals surface area contributed by atoms with Crippen molar-refractivity contribution in [3.8, 4) is 11.8 Å². The van der Waals surface area contributed by atoms with E-state index in [4.69, 9.17) is 14.7 Å². The van der Waals surface area contributed by atoms with Crippen molar-refractivity contribution in [3.05, 3.63) is 23.3 Å². The molecule has 0 radical (unpaired) electrons. The van der Waals surface area contributed by atoms with Crippen LogP contribution in [-0.2, 0) is 16.0 Å². The van der Waals surface area contributed by atoms with E-state index in [-0.39, 0.29) is 34.8 Å². The fourth-order valence-corrected chi connectivity index (χ4v) is 2.42. The maximum absolute atomic E-state index is 12.7. The SMILES string of the molecule is CCOC(=O)Cc1ccc(C#N)c(OC)c1SC(F)(F)F. The molecule has 0 fully saturated rings. The van der Waals surface area contributed by atoms with Crippen LogP contribution < -0.4 is 4.74 Å². The summed E-state index contributed by atoms with van der Waals surface area (Å²) in [6.07, 6.45) is -0.325. The van der Waals surface area contributed by atoms with E-state index in [1.165, 1.54) is 19.2 Å². The summed E-state index contributed by atoms with van der Waals surface area (Å²) in [5.41, 5.74) is -4.49. The smallest absolute Gasteiger partial charge is 0.446 e. The summed E-state index contributed by atoms with van der Waals surface area (Å²) in [6.45, 7) is 1.73. The summed E-state index contributed by atoms with van der Waals surface area (Å²) in [6, 6.07) is 4.37. The van der Waals surface area contributed by atoms with E-state index in [9.17, 15) is 18.0 Å². The number of methoxy groups -OCH3 is 1. The number of esters is 1. The van der Waals surface area contributed by atoms with Crippen LogP contribution in [-0.4, -0.2) is 25.2 Å². The number of carbonyl (C=O) groups excluding carboxylic acids is 1. The summed E-state index contributed by atoms with van der Waals surface area (Å²) in [5.74, 6) is -0.838. The topological polar surface area (TPSA) is 59.3 Å². The molecule has 21 heavy (non-hydrogen) atoms. The minimum absolute atomic E-state index is 0.0307. The molecule has 0 atom stereocenters. The van der Waals surface area contributed by atoms with Crippen LogP contribution in [0, 0.1) is 11.3 Å². The molecule has 0 N–H and O–H groups in total. The summed E-state index contributed by atoms with van der Waals surface area (Å²) >= 11 is -0.416. The second kappa shape index (κ2) is 7.22. The van der Waals surface area contributed by atoms with Gasteiger partial charge in [0.15, 0.2) is 5.75 Å². The fourth-order valence-electron chi connectivity index (χ4n) is 1.63. The van der Waals surface area contributed by atoms with Gasteiger partial charge in [-0.3, -0.25) is 4.79 Å². The van der Waals surface area contributed by atoms with Crippen molar-refractivity contribution in [1.82, 2.24) is 0 Å². The van der Waals surface area contributed by atoms with Crippen LogP contribution in [0.2, 0.25) is 0 Å². The van der Waals surface area contributed by atoms with Gasteiger partial charge in [0.1, 0.15) is 6.07 Å². The number of rotatable bonds is 5. The van der Waals surface area contributed by atoms with Gasteiger partial charge in [0, 0.05) is 0 Å². The van der Waals surface area contributed by atoms with E-state index >= 15 is 0 Å². The van der Waals surface area contributed by atoms with Gasteiger partial charge in [-0.2, -0.15) is 18.4 Å². The molecule has 8 heteroatoms. The van der Waals surface area contributed by atoms with E-state index in [1.807, 2.05) is 0 Å². The van der Waals surface area contributed by atoms with Crippen molar-refractivity contribution in [2.45, 2.75) is 23.7 Å². The monoisotopic (exact) mass is 319 g/mol. The van der Waals surface area contributed by atoms with E-state index < -0.39 is 23.2 Å². The van der Waals surface area contributed by atoms with Gasteiger partial charge >= 0.3 is 11.5 Å². The van der Waals surface area contributed by atoms with Gasteiger partial charge in [0.25, 0.3) is 0 Å². The Hall–Kier alpha value is -1.88. The van der Waals surface area contributed by atoms with E-state index in [1.54, 1.807) is 13.0 Å². The van der Waals surface area contributed by atoms with Crippen LogP contribution >= 0.6 is 11.8 Å². The lowest BCUT2D eigenvalue weighted by Gasteiger charge is -2.15. The molecule has 0 saturated heterocycles. The predicted octanol–water partition coefficient (Wildman–Crippen LogP) is 3.28. The van der Waals surface area contributed by atoms with Crippen LogP contribution in [0.1, 0.15) is 18.1 Å². The number of carbonyl (C=O) groups is 1. The number of nitrogens with zero attached hydrogens (tertiary/aromatic N) is 1. The highest BCUT2D eigenvalue weighted by atomic mass is 32.2. The Morgan fingerprint density at radius 2 is 2.10 bits per heavy atom. The Bertz CT molecular complexity index is 567. The molecular weight excluding hydrogens is 307 g/mol. The highest BCUT2D eigenvalue weighted by Crippen LogP contribution is 2.44. The third-order valence-electron chi connectivity index (χ3n) is 2.38. The normalized spacial score (nSPS) is 10.9. The first-order chi connectivity index (χ1) is 9.82. The van der Waals surface area contributed by atoms with Gasteiger partial charge in [-0.25, -0.2) is 0 Å². The van der Waals surface area contributed by atoms with Gasteiger partial charge in [-0.15, -0.1) is 0 Å². The van der Waals surface area contributed by atoms with Crippen LogP contribution in [0.25, 0.3) is 0 Å². The Labute approximate surface area is 123 Å². The van der Waals surface area contributed by atoms with Crippen LogP contribution in [0.4, 0.5) is 13.2 Å². The summed E-state index contributed by atoms with van der Waals surface area (Å²) in [4.78, 5) is 11.2. The molecule has 0 bridgehead atoms. The molecule has 1 aromatic rings. The highest BCUT2D eigenvalue weighted by Gasteiger charge is 2.33. The third-order valence-corrected chi connectivity index (χ3v) is 3.26. The fraction of sp³-hybridized carbons (Fsp3) is 0.385. The standard InChI is InChI=1S/C13H12F3NO3S/c1-3-20-10(18)6-8-4-5-9(7-17)11(19-2)12(8)21-13(14,15)16/h4-5H,3,6H2,1-2H3. The van der Waals surface area contributed by atoms with Crippen molar-refractivity contribution in [1.29, 1.82) is 5.26 Å². The minimum atomic E-state index is -4.56. The number of halogens is 3. The lowest BCUT2D eigenvalue weighted by Crippen LogP contribution is -2.10. The van der Waals surface area contributed by atoms with Crippen LogP contribution in [0.15, 0.2) is 17.0 Å². The number of thioether (sulfide) groups is 1. The Morgan fingerprint density at radius 3 is 2.57 bits per heavy atom. The first-order valence-electron chi connectivity index (χ1n) is 5.83. The molecule has 0 aliphatic carbocycles. The van der Waals surface area contributed by atoms with E-state index in [0.717, 1.165) is 0 Å². The number of alkyl halides is 3. The lowest BCUT2D eigenvalue weighted by molar-refractivity contribution is -0.142. The summed E-state index contributed by atoms with van der Waals surface area (Å²) < 4.78 is 47.6. The number of benzene rings is 1. The predicted molar refractivity (Wildman–Crippen MR) is 70.0 cm³/mol. The lowest BCUT2D eigenvalue weighted by atomic mass is 10.1. The summed E-state index contributed by atoms with van der Waals surface area (Å²) in [7, 11) is 1.17. The van der Waals surface area contributed by atoms with Gasteiger partial charge in [0.2, 0.25) is 0 Å². The van der Waals surface area contributed by atoms with Gasteiger partial charge in [0.05, 0.1) is 30.6 Å². The molecule has 0 amide bonds. The molecule has 1 aromatic carbocycles. The average Bonchev–Trinajstić information content (AvgIpc) is 2.39. The molecule has 114 valence electrons. The number of nitriles is 1. The van der Waals surface area contributed by atoms with Gasteiger partial charge in [-0.1, -0.05) is 6.07 Å². The van der Waals surface area contributed by atoms with Gasteiger partial charge < -0.3 is 9.47 Å². The van der Waals surface area contributed by atoms with E-state index in [2.05, 4.69) is 0 Å². The largest absolute Gasteiger partial charge is 0.494 e. The zero-order chi connectivity index (χ0) is 16.0. The number of hydrogen-bond acceptors (Lipinski definition) is 5. The van der Waals surface area contributed by atoms with Crippen molar-refractivity contribution < 1.29 is 27.4 Å². The second-order valence-corrected chi connectivity index (χ2v) is 4.85. The minimum Gasteiger partial charge on any atom is -0.494 e. The number of ether oxygens (including phenoxy) is 2. The van der Waals surface area contributed by atoms with E-state index in [0.29, 0.717) is 0 Å². The Balaban J connectivity index is 3.29. The molecule has 0 aromatic heterocycles. The first kappa shape index (κ1) is 17.2. The molecule has 0 saturated carbocycles. The molecule has 0 aliphatic rings. The molecular formula is C13H12F3NO3S. The third kappa shape index (κ3) is 4.86. The molecule has 0 spiro atoms. The maximum atomic E-state index is 12.7. The molecule has 0 aliphatic heterocycles. The maximum Gasteiger partial charge on any atom is 0.446 e. The van der Waals surface area contributed by atoms with Crippen molar-refractivity contribution in [3.63, 3.8) is 0 Å². The quantitative estimate of drug-likeness (QED) is 0.616. The number of hydrogen-bond donors (Lipinski definition) is 0. The Kier molecular flexibility index (Phi) is 5.90. The molecule has 4 nitrogen and oxygen atoms in total. The average molecular weight is 319 g/mol. The molecule has 1 rings (SSSR count). The van der Waals surface area contributed by atoms with Crippen LogP contribution in [0.3, 0.4) is 0 Å². The first-order valence-corrected chi connectivity index (χ1v) is 6.65. The zero-order valence-electron chi connectivity index (χ0n) is 11.3. The van der Waals surface area contributed by atoms with Crippen molar-refractivity contribution >= 4 is 17.7 Å². The van der Waals surface area contributed by atoms with Crippen LogP contribution in [0.5, 0.6) is 5.75 Å². The zero-order valence-corrected chi connectivity index (χ0v) is 12.1. The summed E-state index contributed by atoms with van der Waals surface area (Å²) in [5, 5.41) is 8.92. The van der Waals surface area contributed by atoms with Crippen molar-refractivity contribution in [2.75, 3.05) is 13.7 Å².